The van der Waals surface area contributed by atoms with Crippen molar-refractivity contribution in [1.29, 1.82) is 0 Å². The van der Waals surface area contributed by atoms with Crippen LogP contribution in [0.1, 0.15) is 37.8 Å². The predicted octanol–water partition coefficient (Wildman–Crippen LogP) is 5.06. The maximum absolute atomic E-state index is 13.1. The summed E-state index contributed by atoms with van der Waals surface area (Å²) in [4.78, 5) is 29.6. The lowest BCUT2D eigenvalue weighted by atomic mass is 9.79. The van der Waals surface area contributed by atoms with Crippen molar-refractivity contribution in [2.75, 3.05) is 5.32 Å². The summed E-state index contributed by atoms with van der Waals surface area (Å²) in [6, 6.07) is 6.18. The van der Waals surface area contributed by atoms with Gasteiger partial charge in [0.2, 0.25) is 5.91 Å². The molecule has 2 saturated carbocycles. The zero-order valence-corrected chi connectivity index (χ0v) is 18.0. The number of fused-ring (bicyclic) bond motifs is 2. The van der Waals surface area contributed by atoms with Crippen molar-refractivity contribution in [3.63, 3.8) is 0 Å². The number of aryl methyl sites for hydroxylation is 2. The van der Waals surface area contributed by atoms with E-state index >= 15 is 0 Å². The van der Waals surface area contributed by atoms with Crippen LogP contribution < -0.4 is 5.32 Å². The number of amides is 1. The largest absolute Gasteiger partial charge is 0.481 e. The molecule has 1 aromatic heterocycles. The van der Waals surface area contributed by atoms with Crippen molar-refractivity contribution in [2.24, 2.45) is 23.7 Å². The summed E-state index contributed by atoms with van der Waals surface area (Å²) < 4.78 is 0. The Labute approximate surface area is 174 Å². The van der Waals surface area contributed by atoms with Crippen LogP contribution in [-0.2, 0) is 9.59 Å². The first kappa shape index (κ1) is 19.8. The molecule has 2 aromatic rings. The molecule has 152 valence electrons. The Bertz CT molecular complexity index is 1020. The molecule has 4 atom stereocenters. The molecule has 2 aliphatic rings. The van der Waals surface area contributed by atoms with Crippen LogP contribution in [-0.4, -0.2) is 22.0 Å². The van der Waals surface area contributed by atoms with Crippen LogP contribution in [0, 0.1) is 37.5 Å². The van der Waals surface area contributed by atoms with E-state index in [4.69, 9.17) is 0 Å². The quantitative estimate of drug-likeness (QED) is 0.691. The summed E-state index contributed by atoms with van der Waals surface area (Å²) in [6.45, 7) is 8.18. The molecule has 2 aliphatic carbocycles. The molecule has 0 aliphatic heterocycles. The number of carbonyl (C=O) groups excluding carboxylic acids is 1. The number of carboxylic acids is 1. The third kappa shape index (κ3) is 3.39. The maximum Gasteiger partial charge on any atom is 0.307 e. The lowest BCUT2D eigenvalue weighted by Crippen LogP contribution is -2.37. The van der Waals surface area contributed by atoms with Gasteiger partial charge in [0.25, 0.3) is 0 Å². The monoisotopic (exact) mass is 410 g/mol. The molecule has 4 rings (SSSR count). The Morgan fingerprint density at radius 1 is 1.10 bits per heavy atom. The fraction of sp³-hybridized carbons (Fsp3) is 0.435. The molecule has 0 spiro atoms. The van der Waals surface area contributed by atoms with Gasteiger partial charge in [-0.25, -0.2) is 4.98 Å². The van der Waals surface area contributed by atoms with E-state index in [-0.39, 0.29) is 17.7 Å². The summed E-state index contributed by atoms with van der Waals surface area (Å²) in [6.07, 6.45) is 1.75. The van der Waals surface area contributed by atoms with Crippen LogP contribution in [0.4, 0.5) is 5.13 Å². The fourth-order valence-corrected chi connectivity index (χ4v) is 5.88. The third-order valence-electron chi connectivity index (χ3n) is 6.54. The smallest absolute Gasteiger partial charge is 0.307 e. The summed E-state index contributed by atoms with van der Waals surface area (Å²) in [5.74, 6) is -2.23. The number of aromatic nitrogens is 1. The first-order valence-electron chi connectivity index (χ1n) is 10.0. The van der Waals surface area contributed by atoms with Crippen molar-refractivity contribution in [1.82, 2.24) is 4.98 Å². The van der Waals surface area contributed by atoms with Gasteiger partial charge in [0.05, 0.1) is 17.5 Å². The number of allylic oxidation sites excluding steroid dienone is 2. The van der Waals surface area contributed by atoms with Crippen LogP contribution >= 0.6 is 11.3 Å². The van der Waals surface area contributed by atoms with Crippen molar-refractivity contribution < 1.29 is 14.7 Å². The first-order valence-corrected chi connectivity index (χ1v) is 10.9. The van der Waals surface area contributed by atoms with Gasteiger partial charge < -0.3 is 10.4 Å². The number of hydrogen-bond donors (Lipinski definition) is 2. The van der Waals surface area contributed by atoms with Crippen molar-refractivity contribution >= 4 is 28.3 Å². The van der Waals surface area contributed by atoms with Crippen LogP contribution in [0.5, 0.6) is 0 Å². The van der Waals surface area contributed by atoms with Crippen LogP contribution in [0.15, 0.2) is 34.7 Å². The topological polar surface area (TPSA) is 79.3 Å². The number of aliphatic carboxylic acids is 1. The van der Waals surface area contributed by atoms with Gasteiger partial charge in [-0.15, -0.1) is 11.3 Å². The molecule has 29 heavy (non-hydrogen) atoms. The second-order valence-electron chi connectivity index (χ2n) is 8.46. The lowest BCUT2D eigenvalue weighted by Gasteiger charge is -2.25. The SMILES string of the molecule is CC(C)=C1[C@H]2CC[C@H]1[C@H](C(=O)Nc1nc(-c3ccc(C)c(C)c3)cs1)[C@H]2C(=O)O. The molecule has 2 fully saturated rings. The van der Waals surface area contributed by atoms with Crippen molar-refractivity contribution in [3.8, 4) is 11.3 Å². The minimum Gasteiger partial charge on any atom is -0.481 e. The standard InChI is InChI=1S/C23H26N2O3S/c1-11(2)18-15-7-8-16(18)20(22(27)28)19(15)21(26)25-23-24-17(10-29-23)14-6-5-12(3)13(4)9-14/h5-6,9-10,15-16,19-20H,7-8H2,1-4H3,(H,27,28)(H,24,25,26)/t15-,16-,19+,20+/m1/s1. The minimum atomic E-state index is -0.869. The number of hydrogen-bond acceptors (Lipinski definition) is 4. The van der Waals surface area contributed by atoms with E-state index in [0.717, 1.165) is 29.7 Å². The first-order chi connectivity index (χ1) is 13.8. The molecule has 2 N–H and O–H groups in total. The highest BCUT2D eigenvalue weighted by molar-refractivity contribution is 7.14. The summed E-state index contributed by atoms with van der Waals surface area (Å²) in [5.41, 5.74) is 6.60. The highest BCUT2D eigenvalue weighted by Gasteiger charge is 2.57. The number of rotatable bonds is 4. The third-order valence-corrected chi connectivity index (χ3v) is 7.30. The Balaban J connectivity index is 1.57. The van der Waals surface area contributed by atoms with Crippen LogP contribution in [0.3, 0.4) is 0 Å². The zero-order valence-electron chi connectivity index (χ0n) is 17.2. The molecule has 0 unspecified atom stereocenters. The molecular formula is C23H26N2O3S. The van der Waals surface area contributed by atoms with E-state index in [1.165, 1.54) is 28.0 Å². The average Bonchev–Trinajstić information content (AvgIpc) is 3.36. The summed E-state index contributed by atoms with van der Waals surface area (Å²) >= 11 is 1.38. The van der Waals surface area contributed by atoms with Gasteiger partial charge in [-0.2, -0.15) is 0 Å². The van der Waals surface area contributed by atoms with Gasteiger partial charge in [-0.1, -0.05) is 23.3 Å². The number of anilines is 1. The fourth-order valence-electron chi connectivity index (χ4n) is 5.16. The average molecular weight is 411 g/mol. The van der Waals surface area contributed by atoms with Gasteiger partial charge in [-0.3, -0.25) is 9.59 Å². The Hall–Kier alpha value is -2.47. The molecule has 5 nitrogen and oxygen atoms in total. The molecule has 6 heteroatoms. The van der Waals surface area contributed by atoms with Gasteiger partial charge in [-0.05, 0) is 69.6 Å². The molecule has 0 radical (unpaired) electrons. The number of nitrogens with zero attached hydrogens (tertiary/aromatic N) is 1. The second kappa shape index (κ2) is 7.41. The van der Waals surface area contributed by atoms with E-state index in [0.29, 0.717) is 5.13 Å². The number of nitrogens with one attached hydrogen (secondary N) is 1. The Kier molecular flexibility index (Phi) is 5.07. The highest BCUT2D eigenvalue weighted by Crippen LogP contribution is 2.57. The molecule has 1 heterocycles. The van der Waals surface area contributed by atoms with E-state index in [1.807, 2.05) is 25.3 Å². The summed E-state index contributed by atoms with van der Waals surface area (Å²) in [5, 5.41) is 15.2. The van der Waals surface area contributed by atoms with E-state index in [1.54, 1.807) is 0 Å². The number of carbonyl (C=O) groups is 2. The number of carboxylic acid groups (broad SMARTS) is 1. The van der Waals surface area contributed by atoms with Gasteiger partial charge in [0.1, 0.15) is 0 Å². The molecule has 0 saturated heterocycles. The molecule has 1 amide bonds. The number of thiazole rings is 1. The van der Waals surface area contributed by atoms with Gasteiger partial charge in [0.15, 0.2) is 5.13 Å². The Morgan fingerprint density at radius 2 is 1.79 bits per heavy atom. The van der Waals surface area contributed by atoms with Gasteiger partial charge in [0, 0.05) is 10.9 Å². The van der Waals surface area contributed by atoms with E-state index in [9.17, 15) is 14.7 Å². The van der Waals surface area contributed by atoms with Crippen molar-refractivity contribution in [2.45, 2.75) is 40.5 Å². The molecule has 1 aromatic carbocycles. The van der Waals surface area contributed by atoms with Crippen molar-refractivity contribution in [3.05, 3.63) is 45.9 Å². The maximum atomic E-state index is 13.1. The minimum absolute atomic E-state index is 0.0133. The highest BCUT2D eigenvalue weighted by atomic mass is 32.1. The van der Waals surface area contributed by atoms with Crippen LogP contribution in [0.25, 0.3) is 11.3 Å². The molecule has 2 bridgehead atoms. The van der Waals surface area contributed by atoms with Crippen LogP contribution in [0.2, 0.25) is 0 Å². The normalized spacial score (nSPS) is 25.3. The number of benzene rings is 1. The zero-order chi connectivity index (χ0) is 20.9. The molecular weight excluding hydrogens is 384 g/mol. The van der Waals surface area contributed by atoms with E-state index in [2.05, 4.69) is 36.3 Å². The Morgan fingerprint density at radius 3 is 2.41 bits per heavy atom. The van der Waals surface area contributed by atoms with Gasteiger partial charge >= 0.3 is 5.97 Å². The predicted molar refractivity (Wildman–Crippen MR) is 115 cm³/mol. The summed E-state index contributed by atoms with van der Waals surface area (Å²) in [7, 11) is 0. The van der Waals surface area contributed by atoms with E-state index < -0.39 is 17.8 Å². The second-order valence-corrected chi connectivity index (χ2v) is 9.32. The lowest BCUT2D eigenvalue weighted by molar-refractivity contribution is -0.148.